The number of likely N-dealkylation sites (tertiary alicyclic amines) is 1. The Hall–Kier alpha value is -2.32. The number of carboxylic acids is 1. The van der Waals surface area contributed by atoms with Crippen molar-refractivity contribution in [3.63, 3.8) is 0 Å². The molecule has 0 saturated carbocycles. The van der Waals surface area contributed by atoms with Crippen molar-refractivity contribution in [3.8, 4) is 0 Å². The molecule has 8 heteroatoms. The molecule has 2 N–H and O–H groups in total. The molecule has 5 nitrogen and oxygen atoms in total. The molecule has 1 aliphatic heterocycles. The molecule has 0 aromatic heterocycles. The molecule has 34 heavy (non-hydrogen) atoms. The van der Waals surface area contributed by atoms with Crippen molar-refractivity contribution in [2.75, 3.05) is 19.7 Å². The summed E-state index contributed by atoms with van der Waals surface area (Å²) in [5.74, 6) is -2.02. The van der Waals surface area contributed by atoms with Crippen molar-refractivity contribution in [2.24, 2.45) is 0 Å². The highest BCUT2D eigenvalue weighted by Gasteiger charge is 2.27. The minimum absolute atomic E-state index is 0.0423. The lowest BCUT2D eigenvalue weighted by Crippen LogP contribution is -2.39. The van der Waals surface area contributed by atoms with Crippen molar-refractivity contribution >= 4 is 23.6 Å². The Morgan fingerprint density at radius 1 is 1.29 bits per heavy atom. The summed E-state index contributed by atoms with van der Waals surface area (Å²) in [6.07, 6.45) is 3.60. The van der Waals surface area contributed by atoms with E-state index in [0.29, 0.717) is 29.7 Å². The number of nitrogens with zero attached hydrogens (tertiary/aromatic N) is 1. The largest absolute Gasteiger partial charge is 0.478 e. The number of hydrogen-bond acceptors (Lipinski definition) is 4. The van der Waals surface area contributed by atoms with Gasteiger partial charge in [-0.1, -0.05) is 23.7 Å². The lowest BCUT2D eigenvalue weighted by atomic mass is 10.0. The van der Waals surface area contributed by atoms with Gasteiger partial charge in [-0.2, -0.15) is 0 Å². The van der Waals surface area contributed by atoms with Crippen LogP contribution in [0.25, 0.3) is 6.08 Å². The fourth-order valence-corrected chi connectivity index (χ4v) is 4.48. The van der Waals surface area contributed by atoms with Crippen LogP contribution in [0.2, 0.25) is 5.02 Å². The molecule has 3 atom stereocenters. The minimum atomic E-state index is -1.15. The Balaban J connectivity index is 1.59. The van der Waals surface area contributed by atoms with Crippen molar-refractivity contribution in [1.82, 2.24) is 4.90 Å². The average Bonchev–Trinajstić information content (AvgIpc) is 3.21. The molecule has 2 aromatic carbocycles. The Kier molecular flexibility index (Phi) is 9.19. The van der Waals surface area contributed by atoms with Crippen molar-refractivity contribution < 1.29 is 28.5 Å². The second-order valence-corrected chi connectivity index (χ2v) is 9.18. The number of rotatable bonds is 10. The third kappa shape index (κ3) is 7.09. The van der Waals surface area contributed by atoms with E-state index in [1.165, 1.54) is 12.1 Å². The van der Waals surface area contributed by atoms with E-state index in [-0.39, 0.29) is 23.5 Å². The van der Waals surface area contributed by atoms with E-state index in [0.717, 1.165) is 37.1 Å². The van der Waals surface area contributed by atoms with E-state index in [9.17, 15) is 18.7 Å². The molecule has 0 aliphatic carbocycles. The molecule has 0 unspecified atom stereocenters. The molecule has 0 spiro atoms. The first-order chi connectivity index (χ1) is 16.1. The summed E-state index contributed by atoms with van der Waals surface area (Å²) < 4.78 is 33.6. The number of benzene rings is 2. The van der Waals surface area contributed by atoms with Crippen LogP contribution < -0.4 is 0 Å². The van der Waals surface area contributed by atoms with Crippen LogP contribution in [0.1, 0.15) is 48.1 Å². The third-order valence-corrected chi connectivity index (χ3v) is 6.45. The number of aliphatic carboxylic acids is 1. The van der Waals surface area contributed by atoms with Gasteiger partial charge in [0.05, 0.1) is 23.8 Å². The normalized spacial score (nSPS) is 18.5. The van der Waals surface area contributed by atoms with Gasteiger partial charge in [0, 0.05) is 18.7 Å². The number of aryl methyl sites for hydroxylation is 1. The predicted octanol–water partition coefficient (Wildman–Crippen LogP) is 5.17. The van der Waals surface area contributed by atoms with E-state index < -0.39 is 24.0 Å². The summed E-state index contributed by atoms with van der Waals surface area (Å²) in [5, 5.41) is 19.4. The molecule has 2 aromatic rings. The second kappa shape index (κ2) is 11.9. The van der Waals surface area contributed by atoms with Crippen LogP contribution >= 0.6 is 11.6 Å². The summed E-state index contributed by atoms with van der Waals surface area (Å²) in [7, 11) is 0. The fourth-order valence-electron chi connectivity index (χ4n) is 4.31. The molecule has 1 saturated heterocycles. The van der Waals surface area contributed by atoms with Crippen LogP contribution in [0.4, 0.5) is 8.78 Å². The minimum Gasteiger partial charge on any atom is -0.478 e. The van der Waals surface area contributed by atoms with Crippen molar-refractivity contribution in [2.45, 2.75) is 51.4 Å². The summed E-state index contributed by atoms with van der Waals surface area (Å²) in [4.78, 5) is 13.1. The zero-order valence-electron chi connectivity index (χ0n) is 19.3. The van der Waals surface area contributed by atoms with Gasteiger partial charge in [0.15, 0.2) is 0 Å². The van der Waals surface area contributed by atoms with E-state index >= 15 is 0 Å². The number of β-amino-alcohol motifs (C(OH)–C–C–N with tert-alkyl or cyclic N) is 1. The Morgan fingerprint density at radius 2 is 2.06 bits per heavy atom. The Bertz CT molecular complexity index is 1050. The first-order valence-corrected chi connectivity index (χ1v) is 11.7. The van der Waals surface area contributed by atoms with Crippen molar-refractivity contribution in [1.29, 1.82) is 0 Å². The summed E-state index contributed by atoms with van der Waals surface area (Å²) in [5.41, 5.74) is 2.43. The third-order valence-electron chi connectivity index (χ3n) is 6.16. The van der Waals surface area contributed by atoms with E-state index in [1.807, 2.05) is 6.07 Å². The first-order valence-electron chi connectivity index (χ1n) is 11.3. The van der Waals surface area contributed by atoms with E-state index in [1.54, 1.807) is 26.0 Å². The molecule has 184 valence electrons. The Morgan fingerprint density at radius 3 is 2.76 bits per heavy atom. The number of aliphatic hydroxyl groups excluding tert-OH is 1. The van der Waals surface area contributed by atoms with Gasteiger partial charge in [-0.15, -0.1) is 0 Å². The first kappa shape index (κ1) is 26.3. The van der Waals surface area contributed by atoms with Crippen LogP contribution in [-0.2, 0) is 16.0 Å². The van der Waals surface area contributed by atoms with Gasteiger partial charge in [-0.3, -0.25) is 4.90 Å². The van der Waals surface area contributed by atoms with Crippen LogP contribution in [0, 0.1) is 18.6 Å². The van der Waals surface area contributed by atoms with Crippen LogP contribution in [0.15, 0.2) is 36.4 Å². The zero-order valence-corrected chi connectivity index (χ0v) is 20.1. The predicted molar refractivity (Wildman–Crippen MR) is 128 cm³/mol. The monoisotopic (exact) mass is 493 g/mol. The van der Waals surface area contributed by atoms with Crippen LogP contribution in [-0.4, -0.2) is 52.9 Å². The second-order valence-electron chi connectivity index (χ2n) is 8.77. The van der Waals surface area contributed by atoms with Gasteiger partial charge >= 0.3 is 5.97 Å². The summed E-state index contributed by atoms with van der Waals surface area (Å²) >= 11 is 5.92. The van der Waals surface area contributed by atoms with Crippen LogP contribution in [0.5, 0.6) is 0 Å². The van der Waals surface area contributed by atoms with Gasteiger partial charge in [-0.25, -0.2) is 13.6 Å². The maximum atomic E-state index is 13.9. The van der Waals surface area contributed by atoms with E-state index in [4.69, 9.17) is 21.4 Å². The summed E-state index contributed by atoms with van der Waals surface area (Å²) in [6.45, 7) is 4.79. The van der Waals surface area contributed by atoms with Gasteiger partial charge in [-0.05, 0) is 86.2 Å². The lowest BCUT2D eigenvalue weighted by molar-refractivity contribution is -0.131. The number of hydrogen-bond donors (Lipinski definition) is 2. The maximum Gasteiger partial charge on any atom is 0.328 e. The molecule has 0 radical (unpaired) electrons. The molecular weight excluding hydrogens is 464 g/mol. The number of carbonyl (C=O) groups is 1. The van der Waals surface area contributed by atoms with Gasteiger partial charge in [0.2, 0.25) is 0 Å². The standard InChI is InChI=1S/C26H30ClF2NO4/c1-16-5-6-18(11-24(16)28)10-20-4-3-9-30(20)14-21(31)15-34-17(2)22-13-23(27)25(29)12-19(22)7-8-26(32)33/h5-8,11-13,17,20-21,31H,3-4,9-10,14-15H2,1-2H3,(H,32,33)/t17-,20+,21-/m1/s1. The Labute approximate surface area is 203 Å². The SMILES string of the molecule is Cc1ccc(C[C@@H]2CCCN2C[C@@H](O)CO[C@H](C)c2cc(Cl)c(F)cc2C=CC(=O)O)cc1F. The highest BCUT2D eigenvalue weighted by atomic mass is 35.5. The molecule has 1 heterocycles. The van der Waals surface area contributed by atoms with Gasteiger partial charge < -0.3 is 14.9 Å². The average molecular weight is 494 g/mol. The molecular formula is C26H30ClF2NO4. The van der Waals surface area contributed by atoms with Crippen LogP contribution in [0.3, 0.4) is 0 Å². The van der Waals surface area contributed by atoms with Gasteiger partial charge in [0.25, 0.3) is 0 Å². The van der Waals surface area contributed by atoms with Gasteiger partial charge in [0.1, 0.15) is 11.6 Å². The number of aliphatic hydroxyl groups is 1. The van der Waals surface area contributed by atoms with Crippen molar-refractivity contribution in [3.05, 3.63) is 75.3 Å². The molecule has 0 amide bonds. The number of halogens is 3. The summed E-state index contributed by atoms with van der Waals surface area (Å²) in [6, 6.07) is 8.11. The fraction of sp³-hybridized carbons (Fsp3) is 0.423. The molecule has 1 fully saturated rings. The maximum absolute atomic E-state index is 13.9. The lowest BCUT2D eigenvalue weighted by Gasteiger charge is -2.27. The topological polar surface area (TPSA) is 70.0 Å². The highest BCUT2D eigenvalue weighted by molar-refractivity contribution is 6.30. The molecule has 3 rings (SSSR count). The van der Waals surface area contributed by atoms with E-state index in [2.05, 4.69) is 4.90 Å². The zero-order chi connectivity index (χ0) is 24.8. The quantitative estimate of drug-likeness (QED) is 0.447. The molecule has 1 aliphatic rings. The highest BCUT2D eigenvalue weighted by Crippen LogP contribution is 2.29. The number of carboxylic acid groups (broad SMARTS) is 1. The number of ether oxygens (including phenoxy) is 1. The smallest absolute Gasteiger partial charge is 0.328 e. The molecule has 0 bridgehead atoms.